The molecule has 0 fully saturated rings. The fourth-order valence-electron chi connectivity index (χ4n) is 1.92. The molecule has 2 aromatic rings. The molecule has 0 saturated heterocycles. The van der Waals surface area contributed by atoms with Gasteiger partial charge in [0.1, 0.15) is 17.4 Å². The number of phenolic OH excluding ortho intramolecular Hbond substituents is 1. The maximum Gasteiger partial charge on any atom is 0.167 e. The monoisotopic (exact) mass is 257 g/mol. The molecule has 1 N–H and O–H groups in total. The first-order valence-electron chi connectivity index (χ1n) is 6.76. The Kier molecular flexibility index (Phi) is 4.44. The number of aromatic hydroxyl groups is 1. The highest BCUT2D eigenvalue weighted by Gasteiger charge is 2.10. The minimum atomic E-state index is 0.207. The van der Waals surface area contributed by atoms with Crippen molar-refractivity contribution in [2.24, 2.45) is 0 Å². The molecule has 0 aliphatic carbocycles. The number of para-hydroxylation sites is 1. The molecule has 0 unspecified atom stereocenters. The largest absolute Gasteiger partial charge is 0.507 e. The van der Waals surface area contributed by atoms with E-state index in [0.29, 0.717) is 11.4 Å². The molecule has 100 valence electrons. The lowest BCUT2D eigenvalue weighted by Crippen LogP contribution is -2.05. The molecule has 0 aliphatic heterocycles. The third-order valence-electron chi connectivity index (χ3n) is 2.82. The van der Waals surface area contributed by atoms with Crippen molar-refractivity contribution in [3.8, 4) is 17.1 Å². The van der Waals surface area contributed by atoms with Crippen molar-refractivity contribution in [3.63, 3.8) is 0 Å². The molecule has 2 rings (SSSR count). The molecule has 0 bridgehead atoms. The molecule has 0 saturated carbocycles. The molecule has 1 heterocycles. The maximum atomic E-state index is 9.91. The number of hydrogen-bond acceptors (Lipinski definition) is 4. The van der Waals surface area contributed by atoms with E-state index >= 15 is 0 Å². The smallest absolute Gasteiger partial charge is 0.167 e. The second kappa shape index (κ2) is 6.27. The standard InChI is InChI=1S/C15H19N3O/c1-3-7-13-16-14(8-4-2)18-15(17-13)11-9-5-6-10-12(11)19/h5-6,9-10,19H,3-4,7-8H2,1-2H3. The van der Waals surface area contributed by atoms with E-state index in [2.05, 4.69) is 28.8 Å². The first-order valence-corrected chi connectivity index (χ1v) is 6.76. The average Bonchev–Trinajstić information content (AvgIpc) is 2.40. The van der Waals surface area contributed by atoms with Crippen LogP contribution < -0.4 is 0 Å². The van der Waals surface area contributed by atoms with Crippen molar-refractivity contribution in [1.82, 2.24) is 15.0 Å². The third-order valence-corrected chi connectivity index (χ3v) is 2.82. The van der Waals surface area contributed by atoms with Gasteiger partial charge in [-0.05, 0) is 25.0 Å². The van der Waals surface area contributed by atoms with Gasteiger partial charge in [0.2, 0.25) is 0 Å². The van der Waals surface area contributed by atoms with Crippen LogP contribution in [0.25, 0.3) is 11.4 Å². The van der Waals surface area contributed by atoms with Crippen molar-refractivity contribution in [2.45, 2.75) is 39.5 Å². The molecule has 0 amide bonds. The summed E-state index contributed by atoms with van der Waals surface area (Å²) in [4.78, 5) is 13.4. The van der Waals surface area contributed by atoms with Crippen LogP contribution in [0.4, 0.5) is 0 Å². The zero-order valence-electron chi connectivity index (χ0n) is 11.4. The summed E-state index contributed by atoms with van der Waals surface area (Å²) in [6.45, 7) is 4.20. The molecule has 0 atom stereocenters. The maximum absolute atomic E-state index is 9.91. The van der Waals surface area contributed by atoms with Crippen molar-refractivity contribution in [2.75, 3.05) is 0 Å². The van der Waals surface area contributed by atoms with E-state index in [1.165, 1.54) is 0 Å². The van der Waals surface area contributed by atoms with E-state index in [1.807, 2.05) is 12.1 Å². The van der Waals surface area contributed by atoms with Crippen LogP contribution in [0.3, 0.4) is 0 Å². The Bertz CT molecular complexity index is 531. The quantitative estimate of drug-likeness (QED) is 0.894. The summed E-state index contributed by atoms with van der Waals surface area (Å²) in [5.41, 5.74) is 0.666. The van der Waals surface area contributed by atoms with Crippen molar-refractivity contribution < 1.29 is 5.11 Å². The molecule has 1 aromatic carbocycles. The minimum Gasteiger partial charge on any atom is -0.507 e. The van der Waals surface area contributed by atoms with Gasteiger partial charge in [0.25, 0.3) is 0 Å². The fraction of sp³-hybridized carbons (Fsp3) is 0.400. The summed E-state index contributed by atoms with van der Waals surface area (Å²) < 4.78 is 0. The SMILES string of the molecule is CCCc1nc(CCC)nc(-c2ccccc2O)n1. The van der Waals surface area contributed by atoms with Crippen LogP contribution >= 0.6 is 0 Å². The number of aryl methyl sites for hydroxylation is 2. The first kappa shape index (κ1) is 13.5. The van der Waals surface area contributed by atoms with Gasteiger partial charge in [-0.15, -0.1) is 0 Å². The number of phenols is 1. The van der Waals surface area contributed by atoms with Gasteiger partial charge in [-0.25, -0.2) is 15.0 Å². The Morgan fingerprint density at radius 1 is 0.895 bits per heavy atom. The zero-order valence-corrected chi connectivity index (χ0v) is 11.4. The Hall–Kier alpha value is -1.97. The van der Waals surface area contributed by atoms with Crippen LogP contribution in [-0.2, 0) is 12.8 Å². The summed E-state index contributed by atoms with van der Waals surface area (Å²) in [6, 6.07) is 7.14. The van der Waals surface area contributed by atoms with Crippen LogP contribution in [0, 0.1) is 0 Å². The predicted octanol–water partition coefficient (Wildman–Crippen LogP) is 3.15. The number of aromatic nitrogens is 3. The highest BCUT2D eigenvalue weighted by atomic mass is 16.3. The molecule has 1 aromatic heterocycles. The van der Waals surface area contributed by atoms with Crippen LogP contribution in [0.2, 0.25) is 0 Å². The van der Waals surface area contributed by atoms with E-state index in [-0.39, 0.29) is 5.75 Å². The van der Waals surface area contributed by atoms with Gasteiger partial charge in [0.05, 0.1) is 5.56 Å². The van der Waals surface area contributed by atoms with Crippen LogP contribution in [0.15, 0.2) is 24.3 Å². The lowest BCUT2D eigenvalue weighted by Gasteiger charge is -2.07. The topological polar surface area (TPSA) is 58.9 Å². The summed E-state index contributed by atoms with van der Waals surface area (Å²) in [7, 11) is 0. The number of hydrogen-bond donors (Lipinski definition) is 1. The van der Waals surface area contributed by atoms with E-state index in [4.69, 9.17) is 0 Å². The molecule has 0 aliphatic rings. The van der Waals surface area contributed by atoms with Crippen LogP contribution in [0.1, 0.15) is 38.3 Å². The molecule has 4 heteroatoms. The highest BCUT2D eigenvalue weighted by Crippen LogP contribution is 2.25. The summed E-state index contributed by atoms with van der Waals surface area (Å²) in [5, 5.41) is 9.91. The van der Waals surface area contributed by atoms with Gasteiger partial charge in [-0.2, -0.15) is 0 Å². The molecular weight excluding hydrogens is 238 g/mol. The van der Waals surface area contributed by atoms with E-state index in [1.54, 1.807) is 12.1 Å². The normalized spacial score (nSPS) is 10.6. The third kappa shape index (κ3) is 3.28. The molecule has 4 nitrogen and oxygen atoms in total. The first-order chi connectivity index (χ1) is 9.24. The zero-order chi connectivity index (χ0) is 13.7. The van der Waals surface area contributed by atoms with Gasteiger partial charge < -0.3 is 5.11 Å². The number of rotatable bonds is 5. The van der Waals surface area contributed by atoms with Gasteiger partial charge in [0, 0.05) is 12.8 Å². The fourth-order valence-corrected chi connectivity index (χ4v) is 1.92. The molecule has 0 spiro atoms. The van der Waals surface area contributed by atoms with Gasteiger partial charge in [-0.1, -0.05) is 26.0 Å². The van der Waals surface area contributed by atoms with Crippen molar-refractivity contribution >= 4 is 0 Å². The molecule has 19 heavy (non-hydrogen) atoms. The second-order valence-corrected chi connectivity index (χ2v) is 4.51. The lowest BCUT2D eigenvalue weighted by atomic mass is 10.2. The van der Waals surface area contributed by atoms with Crippen LogP contribution in [0.5, 0.6) is 5.75 Å². The summed E-state index contributed by atoms with van der Waals surface area (Å²) in [5.74, 6) is 2.39. The number of benzene rings is 1. The van der Waals surface area contributed by atoms with E-state index < -0.39 is 0 Å². The lowest BCUT2D eigenvalue weighted by molar-refractivity contribution is 0.476. The molecule has 0 radical (unpaired) electrons. The van der Waals surface area contributed by atoms with Crippen molar-refractivity contribution in [1.29, 1.82) is 0 Å². The minimum absolute atomic E-state index is 0.207. The van der Waals surface area contributed by atoms with Crippen LogP contribution in [-0.4, -0.2) is 20.1 Å². The molecular formula is C15H19N3O. The Labute approximate surface area is 113 Å². The Morgan fingerprint density at radius 3 is 2.00 bits per heavy atom. The van der Waals surface area contributed by atoms with E-state index in [0.717, 1.165) is 37.3 Å². The van der Waals surface area contributed by atoms with E-state index in [9.17, 15) is 5.11 Å². The second-order valence-electron chi connectivity index (χ2n) is 4.51. The summed E-state index contributed by atoms with van der Waals surface area (Å²) in [6.07, 6.45) is 3.66. The van der Waals surface area contributed by atoms with Gasteiger partial charge in [0.15, 0.2) is 5.82 Å². The predicted molar refractivity (Wildman–Crippen MR) is 74.9 cm³/mol. The van der Waals surface area contributed by atoms with Gasteiger partial charge >= 0.3 is 0 Å². The Morgan fingerprint density at radius 2 is 1.47 bits per heavy atom. The Balaban J connectivity index is 2.46. The van der Waals surface area contributed by atoms with Gasteiger partial charge in [-0.3, -0.25) is 0 Å². The average molecular weight is 257 g/mol. The number of nitrogens with zero attached hydrogens (tertiary/aromatic N) is 3. The highest BCUT2D eigenvalue weighted by molar-refractivity contribution is 5.63. The summed E-state index contributed by atoms with van der Waals surface area (Å²) >= 11 is 0. The van der Waals surface area contributed by atoms with Crippen molar-refractivity contribution in [3.05, 3.63) is 35.9 Å².